The highest BCUT2D eigenvalue weighted by molar-refractivity contribution is 5.93. The van der Waals surface area contributed by atoms with Crippen LogP contribution in [-0.2, 0) is 11.2 Å². The molecule has 7 nitrogen and oxygen atoms in total. The topological polar surface area (TPSA) is 89.1 Å². The van der Waals surface area contributed by atoms with Crippen LogP contribution in [0.25, 0.3) is 11.0 Å². The van der Waals surface area contributed by atoms with E-state index < -0.39 is 0 Å². The molecular formula is C25H20N4O3. The molecule has 0 saturated heterocycles. The van der Waals surface area contributed by atoms with E-state index in [1.807, 2.05) is 18.2 Å². The number of aromatic nitrogens is 3. The minimum atomic E-state index is -0.0107. The summed E-state index contributed by atoms with van der Waals surface area (Å²) in [6.45, 7) is 2.08. The zero-order valence-electron chi connectivity index (χ0n) is 17.4. The van der Waals surface area contributed by atoms with Gasteiger partial charge >= 0.3 is 0 Å². The predicted octanol–water partition coefficient (Wildman–Crippen LogP) is 4.59. The molecule has 0 unspecified atom stereocenters. The van der Waals surface area contributed by atoms with E-state index in [0.717, 1.165) is 45.2 Å². The van der Waals surface area contributed by atoms with Crippen molar-refractivity contribution in [3.8, 4) is 17.2 Å². The van der Waals surface area contributed by atoms with Crippen LogP contribution >= 0.6 is 0 Å². The van der Waals surface area contributed by atoms with Gasteiger partial charge in [0.25, 0.3) is 0 Å². The van der Waals surface area contributed by atoms with Crippen LogP contribution in [0.4, 0.5) is 5.82 Å². The van der Waals surface area contributed by atoms with Crippen LogP contribution in [0.3, 0.4) is 0 Å². The van der Waals surface area contributed by atoms with Crippen molar-refractivity contribution in [1.29, 1.82) is 0 Å². The molecule has 0 spiro atoms. The fraction of sp³-hybridized carbons (Fsp3) is 0.240. The molecule has 4 heterocycles. The van der Waals surface area contributed by atoms with E-state index in [1.54, 1.807) is 6.20 Å². The van der Waals surface area contributed by atoms with Crippen LogP contribution in [0.5, 0.6) is 17.2 Å². The Bertz CT molecular complexity index is 1430. The number of hydrogen-bond donors (Lipinski definition) is 2. The van der Waals surface area contributed by atoms with Crippen LogP contribution < -0.4 is 14.8 Å². The highest BCUT2D eigenvalue weighted by Gasteiger charge is 2.61. The summed E-state index contributed by atoms with van der Waals surface area (Å²) >= 11 is 0. The molecule has 4 aromatic rings. The van der Waals surface area contributed by atoms with Gasteiger partial charge in [-0.2, -0.15) is 0 Å². The number of amides is 1. The average molecular weight is 424 g/mol. The predicted molar refractivity (Wildman–Crippen MR) is 118 cm³/mol. The number of nitrogens with zero attached hydrogens (tertiary/aromatic N) is 2. The minimum Gasteiger partial charge on any atom is -0.489 e. The Morgan fingerprint density at radius 2 is 2.03 bits per heavy atom. The van der Waals surface area contributed by atoms with E-state index in [9.17, 15) is 4.79 Å². The number of anilines is 1. The fourth-order valence-electron chi connectivity index (χ4n) is 5.01. The third-order valence-electron chi connectivity index (χ3n) is 6.63. The molecule has 7 rings (SSSR count). The Hall–Kier alpha value is -3.87. The van der Waals surface area contributed by atoms with Gasteiger partial charge < -0.3 is 19.8 Å². The summed E-state index contributed by atoms with van der Waals surface area (Å²) in [6, 6.07) is 14.1. The smallest absolute Gasteiger partial charge is 0.225 e. The largest absolute Gasteiger partial charge is 0.489 e. The number of nitrogens with one attached hydrogen (secondary N) is 2. The lowest BCUT2D eigenvalue weighted by Crippen LogP contribution is -2.20. The fourth-order valence-corrected chi connectivity index (χ4v) is 5.01. The summed E-state index contributed by atoms with van der Waals surface area (Å²) in [5.74, 6) is 4.47. The van der Waals surface area contributed by atoms with Gasteiger partial charge in [-0.1, -0.05) is 6.07 Å². The number of pyridine rings is 1. The van der Waals surface area contributed by atoms with E-state index in [0.29, 0.717) is 18.7 Å². The number of carbonyl (C=O) groups is 1. The van der Waals surface area contributed by atoms with Gasteiger partial charge in [0, 0.05) is 29.7 Å². The third kappa shape index (κ3) is 2.64. The number of fused-ring (bicyclic) bond motifs is 5. The van der Waals surface area contributed by atoms with Crippen LogP contribution in [0.1, 0.15) is 40.8 Å². The average Bonchev–Trinajstić information content (AvgIpc) is 3.14. The number of H-pyrrole nitrogens is 1. The molecule has 1 aliphatic carbocycles. The van der Waals surface area contributed by atoms with Gasteiger partial charge in [0.2, 0.25) is 5.91 Å². The molecule has 3 aliphatic rings. The van der Waals surface area contributed by atoms with E-state index >= 15 is 0 Å². The van der Waals surface area contributed by atoms with Crippen LogP contribution in [-0.4, -0.2) is 27.0 Å². The number of imidazole rings is 1. The normalized spacial score (nSPS) is 22.5. The number of aromatic amines is 1. The first-order chi connectivity index (χ1) is 15.6. The first-order valence-corrected chi connectivity index (χ1v) is 10.9. The molecule has 7 heteroatoms. The van der Waals surface area contributed by atoms with Gasteiger partial charge in [-0.05, 0) is 55.3 Å². The molecule has 0 radical (unpaired) electrons. The molecule has 0 bridgehead atoms. The van der Waals surface area contributed by atoms with Crippen molar-refractivity contribution in [2.45, 2.75) is 37.7 Å². The van der Waals surface area contributed by atoms with Gasteiger partial charge in [0.05, 0.1) is 17.0 Å². The van der Waals surface area contributed by atoms with Crippen molar-refractivity contribution >= 4 is 22.8 Å². The van der Waals surface area contributed by atoms with Crippen molar-refractivity contribution in [2.75, 3.05) is 5.32 Å². The quantitative estimate of drug-likeness (QED) is 0.502. The molecular weight excluding hydrogens is 404 g/mol. The number of hydrogen-bond acceptors (Lipinski definition) is 5. The molecule has 1 saturated carbocycles. The lowest BCUT2D eigenvalue weighted by Gasteiger charge is -2.19. The SMILES string of the molecule is Cc1ccc2nc([C@@H]3[C@H]4Oc5ccc(Oc6ccnc7c6CCC(=O)N7)cc5[C@H]43)[nH]c2c1. The molecule has 1 fully saturated rings. The first-order valence-electron chi connectivity index (χ1n) is 10.9. The summed E-state index contributed by atoms with van der Waals surface area (Å²) in [5.41, 5.74) is 5.36. The Balaban J connectivity index is 1.18. The molecule has 2 aromatic heterocycles. The van der Waals surface area contributed by atoms with Crippen LogP contribution in [0.2, 0.25) is 0 Å². The van der Waals surface area contributed by atoms with Crippen molar-refractivity contribution in [3.05, 3.63) is 71.2 Å². The standard InChI is InChI=1S/C25H20N4O3/c1-12-2-5-16-17(10-12)28-25(27-16)22-21-15-11-13(3-6-18(15)32-23(21)22)31-19-8-9-26-24-14(19)4-7-20(30)29-24/h2-3,5-6,8-11,21-23H,4,7H2,1H3,(H,27,28)(H,26,29,30)/t21-,22-,23-/m0/s1. The lowest BCUT2D eigenvalue weighted by molar-refractivity contribution is -0.116. The van der Waals surface area contributed by atoms with Crippen LogP contribution in [0, 0.1) is 6.92 Å². The van der Waals surface area contributed by atoms with E-state index in [-0.39, 0.29) is 23.8 Å². The van der Waals surface area contributed by atoms with Gasteiger partial charge in [0.15, 0.2) is 0 Å². The molecule has 2 N–H and O–H groups in total. The monoisotopic (exact) mass is 424 g/mol. The van der Waals surface area contributed by atoms with Crippen molar-refractivity contribution in [3.63, 3.8) is 0 Å². The zero-order chi connectivity index (χ0) is 21.4. The molecule has 2 aromatic carbocycles. The highest BCUT2D eigenvalue weighted by atomic mass is 16.5. The maximum absolute atomic E-state index is 11.7. The third-order valence-corrected chi connectivity index (χ3v) is 6.63. The lowest BCUT2D eigenvalue weighted by atomic mass is 10.1. The van der Waals surface area contributed by atoms with E-state index in [4.69, 9.17) is 14.5 Å². The second-order valence-corrected chi connectivity index (χ2v) is 8.76. The Morgan fingerprint density at radius 1 is 1.09 bits per heavy atom. The maximum Gasteiger partial charge on any atom is 0.225 e. The minimum absolute atomic E-state index is 0.0107. The Kier molecular flexibility index (Phi) is 3.51. The second-order valence-electron chi connectivity index (χ2n) is 8.76. The summed E-state index contributed by atoms with van der Waals surface area (Å²) in [6.07, 6.45) is 2.84. The van der Waals surface area contributed by atoms with Gasteiger partial charge in [-0.25, -0.2) is 9.97 Å². The number of aryl methyl sites for hydroxylation is 1. The van der Waals surface area contributed by atoms with Crippen LogP contribution in [0.15, 0.2) is 48.7 Å². The summed E-state index contributed by atoms with van der Waals surface area (Å²) in [5, 5.41) is 2.82. The summed E-state index contributed by atoms with van der Waals surface area (Å²) < 4.78 is 12.4. The van der Waals surface area contributed by atoms with E-state index in [2.05, 4.69) is 46.5 Å². The van der Waals surface area contributed by atoms with E-state index in [1.165, 1.54) is 5.56 Å². The zero-order valence-corrected chi connectivity index (χ0v) is 17.4. The molecule has 2 aliphatic heterocycles. The summed E-state index contributed by atoms with van der Waals surface area (Å²) in [4.78, 5) is 24.2. The number of benzene rings is 2. The maximum atomic E-state index is 11.7. The van der Waals surface area contributed by atoms with Gasteiger partial charge in [0.1, 0.15) is 35.0 Å². The highest BCUT2D eigenvalue weighted by Crippen LogP contribution is 2.63. The van der Waals surface area contributed by atoms with Gasteiger partial charge in [-0.15, -0.1) is 0 Å². The van der Waals surface area contributed by atoms with Gasteiger partial charge in [-0.3, -0.25) is 4.79 Å². The number of ether oxygens (including phenoxy) is 2. The second kappa shape index (κ2) is 6.32. The molecule has 1 amide bonds. The molecule has 158 valence electrons. The molecule has 32 heavy (non-hydrogen) atoms. The van der Waals surface area contributed by atoms with Crippen molar-refractivity contribution in [2.24, 2.45) is 0 Å². The number of carbonyl (C=O) groups excluding carboxylic acids is 1. The molecule has 3 atom stereocenters. The Morgan fingerprint density at radius 3 is 2.97 bits per heavy atom. The number of rotatable bonds is 3. The first kappa shape index (κ1) is 17.8. The van der Waals surface area contributed by atoms with Crippen molar-refractivity contribution < 1.29 is 14.3 Å². The Labute approximate surface area is 183 Å². The summed E-state index contributed by atoms with van der Waals surface area (Å²) in [7, 11) is 0. The van der Waals surface area contributed by atoms with Crippen molar-refractivity contribution in [1.82, 2.24) is 15.0 Å².